The molecule has 1 aliphatic heterocycles. The summed E-state index contributed by atoms with van der Waals surface area (Å²) < 4.78 is 9.95. The van der Waals surface area contributed by atoms with Crippen LogP contribution in [0.5, 0.6) is 0 Å². The molecule has 1 aromatic carbocycles. The predicted octanol–water partition coefficient (Wildman–Crippen LogP) is 2.16. The molecule has 1 heterocycles. The number of benzene rings is 1. The highest BCUT2D eigenvalue weighted by Crippen LogP contribution is 2.16. The van der Waals surface area contributed by atoms with Crippen molar-refractivity contribution in [3.63, 3.8) is 0 Å². The maximum absolute atomic E-state index is 11.9. The van der Waals surface area contributed by atoms with Crippen LogP contribution in [0, 0.1) is 0 Å². The topological polar surface area (TPSA) is 84.9 Å². The lowest BCUT2D eigenvalue weighted by Crippen LogP contribution is -2.47. The van der Waals surface area contributed by atoms with Gasteiger partial charge >= 0.3 is 12.1 Å². The van der Waals surface area contributed by atoms with E-state index < -0.39 is 5.97 Å². The Kier molecular flexibility index (Phi) is 7.72. The van der Waals surface area contributed by atoms with Crippen LogP contribution in [0.15, 0.2) is 24.3 Å². The van der Waals surface area contributed by atoms with E-state index in [4.69, 9.17) is 21.1 Å². The van der Waals surface area contributed by atoms with E-state index in [1.165, 1.54) is 0 Å². The average Bonchev–Trinajstić information content (AvgIpc) is 2.63. The van der Waals surface area contributed by atoms with Gasteiger partial charge < -0.3 is 19.7 Å². The van der Waals surface area contributed by atoms with E-state index in [9.17, 15) is 14.4 Å². The molecule has 1 aromatic rings. The fourth-order valence-corrected chi connectivity index (χ4v) is 2.89. The van der Waals surface area contributed by atoms with Crippen LogP contribution in [-0.2, 0) is 25.5 Å². The second-order valence-corrected chi connectivity index (χ2v) is 6.36. The summed E-state index contributed by atoms with van der Waals surface area (Å²) in [4.78, 5) is 37.0. The molecule has 2 rings (SSSR count). The molecule has 0 atom stereocenters. The number of likely N-dealkylation sites (tertiary alicyclic amines) is 1. The minimum absolute atomic E-state index is 0.0187. The number of hydrogen-bond acceptors (Lipinski definition) is 5. The van der Waals surface area contributed by atoms with Gasteiger partial charge in [-0.15, -0.1) is 0 Å². The van der Waals surface area contributed by atoms with Crippen molar-refractivity contribution in [3.8, 4) is 0 Å². The molecule has 1 N–H and O–H groups in total. The molecule has 1 aliphatic rings. The zero-order valence-electron chi connectivity index (χ0n) is 14.7. The summed E-state index contributed by atoms with van der Waals surface area (Å²) in [6, 6.07) is 6.94. The Labute approximate surface area is 157 Å². The van der Waals surface area contributed by atoms with Crippen molar-refractivity contribution in [2.75, 3.05) is 26.3 Å². The molecular weight excluding hydrogens is 360 g/mol. The number of carbonyl (C=O) groups excluding carboxylic acids is 3. The number of amides is 2. The molecule has 0 aromatic heterocycles. The van der Waals surface area contributed by atoms with Gasteiger partial charge in [0, 0.05) is 24.2 Å². The normalized spacial score (nSPS) is 14.6. The third kappa shape index (κ3) is 6.22. The summed E-state index contributed by atoms with van der Waals surface area (Å²) in [7, 11) is 0. The van der Waals surface area contributed by atoms with Crippen molar-refractivity contribution in [1.82, 2.24) is 10.2 Å². The van der Waals surface area contributed by atoms with Gasteiger partial charge in [0.2, 0.25) is 0 Å². The Hall–Kier alpha value is -2.28. The quantitative estimate of drug-likeness (QED) is 0.762. The van der Waals surface area contributed by atoms with Gasteiger partial charge in [0.25, 0.3) is 5.91 Å². The van der Waals surface area contributed by atoms with Crippen LogP contribution in [0.2, 0.25) is 5.02 Å². The van der Waals surface area contributed by atoms with Crippen molar-refractivity contribution >= 4 is 29.6 Å². The number of nitrogens with one attached hydrogen (secondary N) is 1. The Balaban J connectivity index is 1.67. The van der Waals surface area contributed by atoms with E-state index in [1.807, 2.05) is 0 Å². The Morgan fingerprint density at radius 3 is 2.54 bits per heavy atom. The van der Waals surface area contributed by atoms with E-state index in [0.717, 1.165) is 0 Å². The van der Waals surface area contributed by atoms with Gasteiger partial charge in [0.1, 0.15) is 0 Å². The number of ether oxygens (including phenoxy) is 2. The van der Waals surface area contributed by atoms with Gasteiger partial charge in [0.15, 0.2) is 6.61 Å². The Morgan fingerprint density at radius 2 is 1.88 bits per heavy atom. The highest BCUT2D eigenvalue weighted by molar-refractivity contribution is 6.31. The molecule has 1 saturated heterocycles. The maximum atomic E-state index is 11.9. The van der Waals surface area contributed by atoms with Crippen LogP contribution in [0.1, 0.15) is 25.3 Å². The first-order chi connectivity index (χ1) is 12.5. The van der Waals surface area contributed by atoms with Gasteiger partial charge in [-0.25, -0.2) is 4.79 Å². The number of hydrogen-bond donors (Lipinski definition) is 1. The summed E-state index contributed by atoms with van der Waals surface area (Å²) in [5.74, 6) is -0.863. The number of nitrogens with zero attached hydrogens (tertiary/aromatic N) is 1. The van der Waals surface area contributed by atoms with Gasteiger partial charge in [-0.3, -0.25) is 9.59 Å². The molecule has 0 spiro atoms. The monoisotopic (exact) mass is 382 g/mol. The maximum Gasteiger partial charge on any atom is 0.409 e. The molecule has 0 saturated carbocycles. The third-order valence-corrected chi connectivity index (χ3v) is 4.41. The third-order valence-electron chi connectivity index (χ3n) is 4.04. The molecule has 0 bridgehead atoms. The Bertz CT molecular complexity index is 644. The summed E-state index contributed by atoms with van der Waals surface area (Å²) in [6.45, 7) is 2.82. The molecular formula is C18H23ClN2O5. The minimum Gasteiger partial charge on any atom is -0.455 e. The van der Waals surface area contributed by atoms with Crippen molar-refractivity contribution in [3.05, 3.63) is 34.9 Å². The van der Waals surface area contributed by atoms with Crippen molar-refractivity contribution < 1.29 is 23.9 Å². The number of carbonyl (C=O) groups is 3. The molecule has 8 heteroatoms. The molecule has 0 aliphatic carbocycles. The van der Waals surface area contributed by atoms with E-state index >= 15 is 0 Å². The first-order valence-electron chi connectivity index (χ1n) is 8.59. The fraction of sp³-hybridized carbons (Fsp3) is 0.500. The molecule has 2 amide bonds. The van der Waals surface area contributed by atoms with Gasteiger partial charge in [-0.05, 0) is 31.4 Å². The van der Waals surface area contributed by atoms with Crippen LogP contribution in [0.25, 0.3) is 0 Å². The summed E-state index contributed by atoms with van der Waals surface area (Å²) in [5.41, 5.74) is 0.658. The lowest BCUT2D eigenvalue weighted by molar-refractivity contribution is -0.148. The number of halogens is 1. The van der Waals surface area contributed by atoms with Crippen LogP contribution < -0.4 is 5.32 Å². The van der Waals surface area contributed by atoms with Gasteiger partial charge in [0.05, 0.1) is 13.0 Å². The second kappa shape index (κ2) is 10.0. The fourth-order valence-electron chi connectivity index (χ4n) is 2.68. The van der Waals surface area contributed by atoms with Crippen molar-refractivity contribution in [2.45, 2.75) is 32.2 Å². The minimum atomic E-state index is -0.509. The van der Waals surface area contributed by atoms with Crippen LogP contribution in [-0.4, -0.2) is 55.2 Å². The van der Waals surface area contributed by atoms with Crippen LogP contribution in [0.3, 0.4) is 0 Å². The first kappa shape index (κ1) is 20.0. The van der Waals surface area contributed by atoms with E-state index in [0.29, 0.717) is 43.1 Å². The van der Waals surface area contributed by atoms with Gasteiger partial charge in [-0.2, -0.15) is 0 Å². The largest absolute Gasteiger partial charge is 0.455 e. The Morgan fingerprint density at radius 1 is 1.19 bits per heavy atom. The average molecular weight is 383 g/mol. The van der Waals surface area contributed by atoms with Gasteiger partial charge in [-0.1, -0.05) is 29.8 Å². The SMILES string of the molecule is CCOC(=O)N1CCC(NC(=O)COC(=O)Cc2ccccc2Cl)CC1. The zero-order valence-corrected chi connectivity index (χ0v) is 15.5. The molecule has 0 unspecified atom stereocenters. The summed E-state index contributed by atoms with van der Waals surface area (Å²) >= 11 is 5.99. The second-order valence-electron chi connectivity index (χ2n) is 5.96. The summed E-state index contributed by atoms with van der Waals surface area (Å²) in [6.07, 6.45) is 0.965. The zero-order chi connectivity index (χ0) is 18.9. The highest BCUT2D eigenvalue weighted by atomic mass is 35.5. The number of rotatable bonds is 6. The van der Waals surface area contributed by atoms with Crippen LogP contribution in [0.4, 0.5) is 4.79 Å². The smallest absolute Gasteiger partial charge is 0.409 e. The predicted molar refractivity (Wildman–Crippen MR) is 95.9 cm³/mol. The lowest BCUT2D eigenvalue weighted by atomic mass is 10.1. The van der Waals surface area contributed by atoms with Crippen LogP contribution >= 0.6 is 11.6 Å². The van der Waals surface area contributed by atoms with Crippen molar-refractivity contribution in [1.29, 1.82) is 0 Å². The molecule has 0 radical (unpaired) electrons. The van der Waals surface area contributed by atoms with Crippen molar-refractivity contribution in [2.24, 2.45) is 0 Å². The van der Waals surface area contributed by atoms with E-state index in [2.05, 4.69) is 5.32 Å². The van der Waals surface area contributed by atoms with E-state index in [1.54, 1.807) is 36.1 Å². The summed E-state index contributed by atoms with van der Waals surface area (Å²) in [5, 5.41) is 3.31. The molecule has 1 fully saturated rings. The highest BCUT2D eigenvalue weighted by Gasteiger charge is 2.24. The molecule has 142 valence electrons. The molecule has 7 nitrogen and oxygen atoms in total. The standard InChI is InChI=1S/C18H23ClN2O5/c1-2-25-18(24)21-9-7-14(8-10-21)20-16(22)12-26-17(23)11-13-5-3-4-6-15(13)19/h3-6,14H,2,7-12H2,1H3,(H,20,22). The lowest BCUT2D eigenvalue weighted by Gasteiger charge is -2.31. The molecule has 26 heavy (non-hydrogen) atoms. The number of esters is 1. The number of piperidine rings is 1. The first-order valence-corrected chi connectivity index (χ1v) is 8.97. The van der Waals surface area contributed by atoms with E-state index in [-0.39, 0.29) is 31.1 Å².